The molecule has 2 unspecified atom stereocenters. The lowest BCUT2D eigenvalue weighted by atomic mass is 10.0. The van der Waals surface area contributed by atoms with E-state index in [1.165, 1.54) is 14.2 Å². The van der Waals surface area contributed by atoms with Gasteiger partial charge < -0.3 is 25.2 Å². The fourth-order valence-corrected chi connectivity index (χ4v) is 1.83. The van der Waals surface area contributed by atoms with Gasteiger partial charge in [0.1, 0.15) is 11.9 Å². The molecule has 1 rings (SSSR count). The SMILES string of the molecule is COC(=O)C(NC(=O)NC(C)C)C(O)c1ccc(OC)cc1. The van der Waals surface area contributed by atoms with E-state index >= 15 is 0 Å². The Kier molecular flexibility index (Phi) is 6.65. The van der Waals surface area contributed by atoms with Crippen molar-refractivity contribution in [3.05, 3.63) is 29.8 Å². The van der Waals surface area contributed by atoms with Crippen molar-refractivity contribution in [2.24, 2.45) is 0 Å². The summed E-state index contributed by atoms with van der Waals surface area (Å²) in [6.07, 6.45) is -1.24. The van der Waals surface area contributed by atoms with Gasteiger partial charge in [-0.25, -0.2) is 9.59 Å². The first-order valence-electron chi connectivity index (χ1n) is 6.86. The minimum Gasteiger partial charge on any atom is -0.497 e. The number of carbonyl (C=O) groups is 2. The smallest absolute Gasteiger partial charge is 0.331 e. The summed E-state index contributed by atoms with van der Waals surface area (Å²) >= 11 is 0. The molecule has 0 fully saturated rings. The Balaban J connectivity index is 2.89. The van der Waals surface area contributed by atoms with Gasteiger partial charge in [-0.3, -0.25) is 0 Å². The fourth-order valence-electron chi connectivity index (χ4n) is 1.83. The quantitative estimate of drug-likeness (QED) is 0.681. The van der Waals surface area contributed by atoms with Gasteiger partial charge in [0, 0.05) is 6.04 Å². The van der Waals surface area contributed by atoms with Gasteiger partial charge >= 0.3 is 12.0 Å². The number of aliphatic hydroxyl groups is 1. The molecule has 2 amide bonds. The van der Waals surface area contributed by atoms with E-state index < -0.39 is 24.1 Å². The van der Waals surface area contributed by atoms with Gasteiger partial charge in [0.15, 0.2) is 6.04 Å². The highest BCUT2D eigenvalue weighted by molar-refractivity contribution is 5.84. The van der Waals surface area contributed by atoms with Crippen molar-refractivity contribution in [2.75, 3.05) is 14.2 Å². The third-order valence-electron chi connectivity index (χ3n) is 2.93. The molecule has 1 aromatic rings. The number of ether oxygens (including phenoxy) is 2. The van der Waals surface area contributed by atoms with Crippen molar-refractivity contribution < 1.29 is 24.2 Å². The molecule has 0 aliphatic heterocycles. The van der Waals surface area contributed by atoms with Gasteiger partial charge in [0.25, 0.3) is 0 Å². The monoisotopic (exact) mass is 310 g/mol. The highest BCUT2D eigenvalue weighted by Crippen LogP contribution is 2.21. The normalized spacial score (nSPS) is 13.2. The number of urea groups is 1. The third-order valence-corrected chi connectivity index (χ3v) is 2.93. The molecule has 2 atom stereocenters. The van der Waals surface area contributed by atoms with Crippen LogP contribution in [0.15, 0.2) is 24.3 Å². The molecule has 0 radical (unpaired) electrons. The standard InChI is InChI=1S/C15H22N2O5/c1-9(2)16-15(20)17-12(14(19)22-4)13(18)10-5-7-11(21-3)8-6-10/h5-9,12-13,18H,1-4H3,(H2,16,17,20). The van der Waals surface area contributed by atoms with Crippen molar-refractivity contribution in [1.82, 2.24) is 10.6 Å². The van der Waals surface area contributed by atoms with Crippen LogP contribution in [0.4, 0.5) is 4.79 Å². The summed E-state index contributed by atoms with van der Waals surface area (Å²) in [7, 11) is 2.72. The lowest BCUT2D eigenvalue weighted by Gasteiger charge is -2.23. The maximum atomic E-state index is 11.8. The number of rotatable bonds is 6. The zero-order chi connectivity index (χ0) is 16.7. The number of aliphatic hydroxyl groups excluding tert-OH is 1. The van der Waals surface area contributed by atoms with Crippen molar-refractivity contribution in [1.29, 1.82) is 0 Å². The Morgan fingerprint density at radius 1 is 1.09 bits per heavy atom. The summed E-state index contributed by atoms with van der Waals surface area (Å²) in [5.74, 6) is -0.113. The zero-order valence-corrected chi connectivity index (χ0v) is 13.1. The van der Waals surface area contributed by atoms with E-state index in [1.807, 2.05) is 0 Å². The van der Waals surface area contributed by atoms with E-state index in [4.69, 9.17) is 4.74 Å². The van der Waals surface area contributed by atoms with Crippen molar-refractivity contribution in [2.45, 2.75) is 32.0 Å². The molecule has 0 aliphatic rings. The van der Waals surface area contributed by atoms with Crippen LogP contribution in [-0.4, -0.2) is 43.4 Å². The summed E-state index contributed by atoms with van der Waals surface area (Å²) in [6, 6.07) is 4.66. The van der Waals surface area contributed by atoms with Crippen LogP contribution in [0.2, 0.25) is 0 Å². The Labute approximate surface area is 129 Å². The molecule has 0 saturated carbocycles. The van der Waals surface area contributed by atoms with Gasteiger partial charge in [-0.2, -0.15) is 0 Å². The highest BCUT2D eigenvalue weighted by atomic mass is 16.5. The number of nitrogens with one attached hydrogen (secondary N) is 2. The molecular weight excluding hydrogens is 288 g/mol. The number of hydrogen-bond donors (Lipinski definition) is 3. The first-order valence-corrected chi connectivity index (χ1v) is 6.86. The topological polar surface area (TPSA) is 96.9 Å². The Bertz CT molecular complexity index is 501. The van der Waals surface area contributed by atoms with Gasteiger partial charge in [0.2, 0.25) is 0 Å². The number of methoxy groups -OCH3 is 2. The minimum atomic E-state index is -1.24. The molecule has 0 aliphatic carbocycles. The van der Waals surface area contributed by atoms with E-state index in [0.29, 0.717) is 11.3 Å². The van der Waals surface area contributed by atoms with E-state index in [0.717, 1.165) is 0 Å². The van der Waals surface area contributed by atoms with E-state index in [2.05, 4.69) is 15.4 Å². The summed E-state index contributed by atoms with van der Waals surface area (Å²) in [6.45, 7) is 3.57. The summed E-state index contributed by atoms with van der Waals surface area (Å²) < 4.78 is 9.67. The number of benzene rings is 1. The van der Waals surface area contributed by atoms with E-state index in [9.17, 15) is 14.7 Å². The summed E-state index contributed by atoms with van der Waals surface area (Å²) in [5.41, 5.74) is 0.459. The molecular formula is C15H22N2O5. The van der Waals surface area contributed by atoms with Gasteiger partial charge in [-0.15, -0.1) is 0 Å². The van der Waals surface area contributed by atoms with E-state index in [1.54, 1.807) is 38.1 Å². The second kappa shape index (κ2) is 8.23. The number of amides is 2. The molecule has 7 heteroatoms. The van der Waals surface area contributed by atoms with Crippen LogP contribution >= 0.6 is 0 Å². The molecule has 0 bridgehead atoms. The lowest BCUT2D eigenvalue weighted by molar-refractivity contribution is -0.146. The Morgan fingerprint density at radius 2 is 1.68 bits per heavy atom. The molecule has 0 aromatic heterocycles. The highest BCUT2D eigenvalue weighted by Gasteiger charge is 2.30. The van der Waals surface area contributed by atoms with Crippen LogP contribution in [0.3, 0.4) is 0 Å². The van der Waals surface area contributed by atoms with Crippen molar-refractivity contribution in [3.8, 4) is 5.75 Å². The molecule has 1 aromatic carbocycles. The fraction of sp³-hybridized carbons (Fsp3) is 0.467. The maximum Gasteiger partial charge on any atom is 0.331 e. The average Bonchev–Trinajstić information content (AvgIpc) is 2.50. The predicted molar refractivity (Wildman–Crippen MR) is 80.6 cm³/mol. The molecule has 3 N–H and O–H groups in total. The van der Waals surface area contributed by atoms with Gasteiger partial charge in [0.05, 0.1) is 14.2 Å². The molecule has 0 saturated heterocycles. The zero-order valence-electron chi connectivity index (χ0n) is 13.1. The van der Waals surface area contributed by atoms with Gasteiger partial charge in [-0.05, 0) is 31.5 Å². The second-order valence-electron chi connectivity index (χ2n) is 4.99. The molecule has 0 heterocycles. The number of hydrogen-bond acceptors (Lipinski definition) is 5. The van der Waals surface area contributed by atoms with Crippen LogP contribution in [0.1, 0.15) is 25.5 Å². The minimum absolute atomic E-state index is 0.101. The van der Waals surface area contributed by atoms with Gasteiger partial charge in [-0.1, -0.05) is 12.1 Å². The lowest BCUT2D eigenvalue weighted by Crippen LogP contribution is -2.50. The number of carbonyl (C=O) groups excluding carboxylic acids is 2. The molecule has 22 heavy (non-hydrogen) atoms. The number of esters is 1. The van der Waals surface area contributed by atoms with Crippen LogP contribution in [0.25, 0.3) is 0 Å². The second-order valence-corrected chi connectivity index (χ2v) is 4.99. The van der Waals surface area contributed by atoms with Crippen molar-refractivity contribution >= 4 is 12.0 Å². The van der Waals surface area contributed by atoms with Crippen LogP contribution in [0.5, 0.6) is 5.75 Å². The van der Waals surface area contributed by atoms with Crippen LogP contribution in [0, 0.1) is 0 Å². The van der Waals surface area contributed by atoms with E-state index in [-0.39, 0.29) is 6.04 Å². The average molecular weight is 310 g/mol. The van der Waals surface area contributed by atoms with Crippen molar-refractivity contribution in [3.63, 3.8) is 0 Å². The Morgan fingerprint density at radius 3 is 2.14 bits per heavy atom. The predicted octanol–water partition coefficient (Wildman–Crippen LogP) is 0.978. The van der Waals surface area contributed by atoms with Crippen LogP contribution < -0.4 is 15.4 Å². The molecule has 0 spiro atoms. The van der Waals surface area contributed by atoms with Crippen LogP contribution in [-0.2, 0) is 9.53 Å². The summed E-state index contributed by atoms with van der Waals surface area (Å²) in [5, 5.41) is 15.4. The summed E-state index contributed by atoms with van der Waals surface area (Å²) in [4.78, 5) is 23.6. The first kappa shape index (κ1) is 17.8. The molecule has 7 nitrogen and oxygen atoms in total. The largest absolute Gasteiger partial charge is 0.497 e. The Hall–Kier alpha value is -2.28. The maximum absolute atomic E-state index is 11.8. The molecule has 122 valence electrons. The third kappa shape index (κ3) is 4.92. The first-order chi connectivity index (χ1) is 10.4.